The molecule has 10 nitrogen and oxygen atoms in total. The van der Waals surface area contributed by atoms with E-state index in [-0.39, 0.29) is 47.8 Å². The summed E-state index contributed by atoms with van der Waals surface area (Å²) in [7, 11) is -2.43. The van der Waals surface area contributed by atoms with Crippen LogP contribution < -0.4 is 19.1 Å². The molecule has 0 aliphatic rings. The first kappa shape index (κ1) is 27.9. The van der Waals surface area contributed by atoms with E-state index in [0.29, 0.717) is 13.2 Å². The van der Waals surface area contributed by atoms with Crippen molar-refractivity contribution in [2.24, 2.45) is 0 Å². The number of non-ortho nitro benzene ring substituents is 1. The van der Waals surface area contributed by atoms with Gasteiger partial charge in [0.25, 0.3) is 5.69 Å². The topological polar surface area (TPSA) is 128 Å². The molecule has 0 aliphatic carbocycles. The zero-order valence-electron chi connectivity index (χ0n) is 20.7. The van der Waals surface area contributed by atoms with E-state index in [1.165, 1.54) is 19.2 Å². The average molecular weight is 508 g/mol. The molecular weight excluding hydrogens is 474 g/mol. The summed E-state index contributed by atoms with van der Waals surface area (Å²) in [6, 6.07) is 11.5. The van der Waals surface area contributed by atoms with Gasteiger partial charge in [-0.15, -0.1) is 0 Å². The van der Waals surface area contributed by atoms with Gasteiger partial charge < -0.3 is 14.8 Å². The summed E-state index contributed by atoms with van der Waals surface area (Å²) < 4.78 is 36.8. The second-order valence-electron chi connectivity index (χ2n) is 9.00. The lowest BCUT2D eigenvalue weighted by atomic mass is 9.86. The second kappa shape index (κ2) is 11.9. The minimum Gasteiger partial charge on any atom is -0.495 e. The average Bonchev–Trinajstić information content (AvgIpc) is 2.78. The molecule has 2 rings (SSSR count). The number of anilines is 1. The Balaban J connectivity index is 1.93. The van der Waals surface area contributed by atoms with E-state index in [0.717, 1.165) is 27.9 Å². The SMILES string of the molecule is COc1ccc([N+](=O)[O-])cc1N(CCCC(=O)NCCOc1ccccc1C(C)(C)C)S(C)(=O)=O. The molecule has 0 bridgehead atoms. The van der Waals surface area contributed by atoms with Gasteiger partial charge in [0.1, 0.15) is 23.8 Å². The number of sulfonamides is 1. The highest BCUT2D eigenvalue weighted by atomic mass is 32.2. The number of carbonyl (C=O) groups is 1. The molecule has 2 aromatic carbocycles. The van der Waals surface area contributed by atoms with Gasteiger partial charge in [-0.3, -0.25) is 19.2 Å². The minimum absolute atomic E-state index is 0.0424. The zero-order valence-corrected chi connectivity index (χ0v) is 21.6. The number of benzene rings is 2. The largest absolute Gasteiger partial charge is 0.495 e. The number of rotatable bonds is 12. The third kappa shape index (κ3) is 8.13. The number of nitrogens with zero attached hydrogens (tertiary/aromatic N) is 2. The molecule has 0 atom stereocenters. The van der Waals surface area contributed by atoms with Crippen molar-refractivity contribution in [2.45, 2.75) is 39.0 Å². The van der Waals surface area contributed by atoms with Crippen molar-refractivity contribution >= 4 is 27.3 Å². The highest BCUT2D eigenvalue weighted by Crippen LogP contribution is 2.34. The Bertz CT molecular complexity index is 1140. The molecule has 1 N–H and O–H groups in total. The van der Waals surface area contributed by atoms with Gasteiger partial charge in [0, 0.05) is 25.1 Å². The normalized spacial score (nSPS) is 11.6. The summed E-state index contributed by atoms with van der Waals surface area (Å²) in [5.74, 6) is 0.694. The molecule has 0 saturated heterocycles. The van der Waals surface area contributed by atoms with Crippen LogP contribution in [0.3, 0.4) is 0 Å². The van der Waals surface area contributed by atoms with Crippen LogP contribution >= 0.6 is 0 Å². The number of amides is 1. The van der Waals surface area contributed by atoms with Gasteiger partial charge >= 0.3 is 0 Å². The van der Waals surface area contributed by atoms with Gasteiger partial charge in [-0.25, -0.2) is 8.42 Å². The van der Waals surface area contributed by atoms with Crippen molar-refractivity contribution in [1.29, 1.82) is 0 Å². The fourth-order valence-corrected chi connectivity index (χ4v) is 4.45. The van der Waals surface area contributed by atoms with Gasteiger partial charge in [-0.05, 0) is 29.5 Å². The van der Waals surface area contributed by atoms with Crippen LogP contribution in [0.1, 0.15) is 39.2 Å². The quantitative estimate of drug-likeness (QED) is 0.264. The van der Waals surface area contributed by atoms with Crippen LogP contribution in [-0.4, -0.2) is 52.3 Å². The Labute approximate surface area is 206 Å². The van der Waals surface area contributed by atoms with Gasteiger partial charge in [-0.2, -0.15) is 0 Å². The first-order valence-electron chi connectivity index (χ1n) is 11.1. The molecule has 0 heterocycles. The molecule has 0 aromatic heterocycles. The summed E-state index contributed by atoms with van der Waals surface area (Å²) in [6.07, 6.45) is 1.28. The maximum atomic E-state index is 12.4. The number of carbonyl (C=O) groups excluding carboxylic acids is 1. The lowest BCUT2D eigenvalue weighted by Crippen LogP contribution is -2.33. The standard InChI is InChI=1S/C24H33N3O7S/c1-24(2,3)19-9-6-7-10-21(19)34-16-14-25-23(28)11-8-15-26(35(5,31)32)20-17-18(27(29)30)12-13-22(20)33-4/h6-7,9-10,12-13,17H,8,11,14-16H2,1-5H3,(H,25,28). The number of nitro benzene ring substituents is 1. The van der Waals surface area contributed by atoms with Crippen molar-refractivity contribution in [1.82, 2.24) is 5.32 Å². The Morgan fingerprint density at radius 1 is 1.14 bits per heavy atom. The minimum atomic E-state index is -3.78. The number of hydrogen-bond acceptors (Lipinski definition) is 7. The lowest BCUT2D eigenvalue weighted by molar-refractivity contribution is -0.384. The van der Waals surface area contributed by atoms with E-state index in [1.807, 2.05) is 24.3 Å². The Hall–Kier alpha value is -3.34. The zero-order chi connectivity index (χ0) is 26.2. The number of methoxy groups -OCH3 is 1. The molecule has 11 heteroatoms. The molecule has 0 spiro atoms. The molecule has 0 unspecified atom stereocenters. The highest BCUT2D eigenvalue weighted by molar-refractivity contribution is 7.92. The number of ether oxygens (including phenoxy) is 2. The van der Waals surface area contributed by atoms with E-state index in [9.17, 15) is 23.3 Å². The third-order valence-corrected chi connectivity index (χ3v) is 6.36. The number of nitrogens with one attached hydrogen (secondary N) is 1. The second-order valence-corrected chi connectivity index (χ2v) is 10.9. The van der Waals surface area contributed by atoms with Crippen molar-refractivity contribution in [2.75, 3.05) is 37.4 Å². The van der Waals surface area contributed by atoms with E-state index in [1.54, 1.807) is 0 Å². The van der Waals surface area contributed by atoms with E-state index < -0.39 is 14.9 Å². The predicted molar refractivity (Wildman–Crippen MR) is 135 cm³/mol. The maximum Gasteiger partial charge on any atom is 0.271 e. The number of hydrogen-bond donors (Lipinski definition) is 1. The molecule has 192 valence electrons. The number of para-hydroxylation sites is 1. The van der Waals surface area contributed by atoms with E-state index >= 15 is 0 Å². The Kier molecular flexibility index (Phi) is 9.47. The molecule has 0 radical (unpaired) electrons. The molecule has 35 heavy (non-hydrogen) atoms. The molecule has 0 saturated carbocycles. The molecule has 1 amide bonds. The third-order valence-electron chi connectivity index (χ3n) is 5.18. The van der Waals surface area contributed by atoms with Crippen LogP contribution in [0.5, 0.6) is 11.5 Å². The lowest BCUT2D eigenvalue weighted by Gasteiger charge is -2.24. The summed E-state index contributed by atoms with van der Waals surface area (Å²) in [6.45, 7) is 6.84. The van der Waals surface area contributed by atoms with Crippen molar-refractivity contribution in [3.63, 3.8) is 0 Å². The van der Waals surface area contributed by atoms with Crippen LogP contribution in [0, 0.1) is 10.1 Å². The van der Waals surface area contributed by atoms with Gasteiger partial charge in [0.2, 0.25) is 15.9 Å². The van der Waals surface area contributed by atoms with Crippen LogP contribution in [0.4, 0.5) is 11.4 Å². The molecule has 2 aromatic rings. The summed E-state index contributed by atoms with van der Waals surface area (Å²) >= 11 is 0. The predicted octanol–water partition coefficient (Wildman–Crippen LogP) is 3.64. The molecule has 0 fully saturated rings. The fourth-order valence-electron chi connectivity index (χ4n) is 3.49. The van der Waals surface area contributed by atoms with E-state index in [4.69, 9.17) is 9.47 Å². The van der Waals surface area contributed by atoms with Crippen molar-refractivity contribution < 1.29 is 27.6 Å². The highest BCUT2D eigenvalue weighted by Gasteiger charge is 2.24. The van der Waals surface area contributed by atoms with Crippen LogP contribution in [0.15, 0.2) is 42.5 Å². The van der Waals surface area contributed by atoms with Crippen molar-refractivity contribution in [3.8, 4) is 11.5 Å². The van der Waals surface area contributed by atoms with E-state index in [2.05, 4.69) is 26.1 Å². The summed E-state index contributed by atoms with van der Waals surface area (Å²) in [4.78, 5) is 22.8. The Morgan fingerprint density at radius 2 is 1.83 bits per heavy atom. The summed E-state index contributed by atoms with van der Waals surface area (Å²) in [5, 5.41) is 13.9. The van der Waals surface area contributed by atoms with Gasteiger partial charge in [0.15, 0.2) is 0 Å². The van der Waals surface area contributed by atoms with Gasteiger partial charge in [-0.1, -0.05) is 39.0 Å². The van der Waals surface area contributed by atoms with Crippen molar-refractivity contribution in [3.05, 3.63) is 58.1 Å². The fraction of sp³-hybridized carbons (Fsp3) is 0.458. The Morgan fingerprint density at radius 3 is 2.43 bits per heavy atom. The molecular formula is C24H33N3O7S. The number of nitro groups is 1. The maximum absolute atomic E-state index is 12.4. The van der Waals surface area contributed by atoms with Crippen LogP contribution in [-0.2, 0) is 20.2 Å². The first-order valence-corrected chi connectivity index (χ1v) is 13.0. The first-order chi connectivity index (χ1) is 16.3. The molecule has 0 aliphatic heterocycles. The van der Waals surface area contributed by atoms with Crippen LogP contribution in [0.2, 0.25) is 0 Å². The monoisotopic (exact) mass is 507 g/mol. The summed E-state index contributed by atoms with van der Waals surface area (Å²) in [5.41, 5.74) is 0.784. The van der Waals surface area contributed by atoms with Crippen LogP contribution in [0.25, 0.3) is 0 Å². The van der Waals surface area contributed by atoms with Gasteiger partial charge in [0.05, 0.1) is 24.8 Å². The smallest absolute Gasteiger partial charge is 0.271 e.